The smallest absolute Gasteiger partial charge is 0.0462 e. The van der Waals surface area contributed by atoms with E-state index in [0.29, 0.717) is 0 Å². The van der Waals surface area contributed by atoms with E-state index in [0.717, 1.165) is 17.1 Å². The predicted octanol–water partition coefficient (Wildman–Crippen LogP) is 13.6. The van der Waals surface area contributed by atoms with Crippen LogP contribution in [0, 0.1) is 0 Å². The van der Waals surface area contributed by atoms with E-state index in [1.807, 2.05) is 0 Å². The Morgan fingerprint density at radius 2 is 0.860 bits per heavy atom. The number of hydrogen-bond donors (Lipinski definition) is 0. The molecular formula is C49H37N. The maximum absolute atomic E-state index is 2.36. The van der Waals surface area contributed by atoms with E-state index in [1.165, 1.54) is 66.4 Å². The molecule has 0 radical (unpaired) electrons. The Morgan fingerprint density at radius 1 is 0.340 bits per heavy atom. The number of anilines is 3. The van der Waals surface area contributed by atoms with Crippen molar-refractivity contribution in [3.8, 4) is 44.5 Å². The molecule has 0 amide bonds. The summed E-state index contributed by atoms with van der Waals surface area (Å²) in [6.07, 6.45) is 0. The van der Waals surface area contributed by atoms with Gasteiger partial charge in [-0.2, -0.15) is 0 Å². The molecule has 0 heterocycles. The van der Waals surface area contributed by atoms with Gasteiger partial charge in [-0.05, 0) is 115 Å². The van der Waals surface area contributed by atoms with Crippen LogP contribution in [0.1, 0.15) is 25.0 Å². The fourth-order valence-electron chi connectivity index (χ4n) is 7.95. The van der Waals surface area contributed by atoms with Crippen LogP contribution in [0.2, 0.25) is 0 Å². The van der Waals surface area contributed by atoms with E-state index in [-0.39, 0.29) is 5.41 Å². The fraction of sp³-hybridized carbons (Fsp3) is 0.0612. The molecule has 9 rings (SSSR count). The van der Waals surface area contributed by atoms with Gasteiger partial charge in [0.25, 0.3) is 0 Å². The molecule has 0 saturated carbocycles. The molecule has 0 spiro atoms. The average molecular weight is 640 g/mol. The first-order chi connectivity index (χ1) is 24.5. The highest BCUT2D eigenvalue weighted by Gasteiger charge is 2.37. The molecule has 1 heteroatoms. The molecule has 0 saturated heterocycles. The summed E-state index contributed by atoms with van der Waals surface area (Å²) < 4.78 is 0. The number of hydrogen-bond acceptors (Lipinski definition) is 1. The molecule has 0 bridgehead atoms. The van der Waals surface area contributed by atoms with Gasteiger partial charge in [-0.3, -0.25) is 0 Å². The van der Waals surface area contributed by atoms with Crippen molar-refractivity contribution in [3.05, 3.63) is 199 Å². The van der Waals surface area contributed by atoms with Crippen molar-refractivity contribution < 1.29 is 0 Å². The third-order valence-electron chi connectivity index (χ3n) is 10.4. The predicted molar refractivity (Wildman–Crippen MR) is 213 cm³/mol. The van der Waals surface area contributed by atoms with Crippen LogP contribution >= 0.6 is 0 Å². The Labute approximate surface area is 294 Å². The van der Waals surface area contributed by atoms with E-state index in [9.17, 15) is 0 Å². The highest BCUT2D eigenvalue weighted by molar-refractivity contribution is 5.90. The topological polar surface area (TPSA) is 3.24 Å². The Kier molecular flexibility index (Phi) is 7.21. The van der Waals surface area contributed by atoms with Crippen molar-refractivity contribution in [2.24, 2.45) is 0 Å². The van der Waals surface area contributed by atoms with Crippen LogP contribution < -0.4 is 4.90 Å². The van der Waals surface area contributed by atoms with E-state index >= 15 is 0 Å². The SMILES string of the molecule is CC1(C)c2ccccc2-c2cccc(-c3ccc(N(c4ccccc4)c4ccc(-c5cccc(-c6ccc7ccccc7c6)c5)cc4)cc3)c21. The van der Waals surface area contributed by atoms with Crippen molar-refractivity contribution in [3.63, 3.8) is 0 Å². The van der Waals surface area contributed by atoms with E-state index in [2.05, 4.69) is 207 Å². The number of nitrogens with zero attached hydrogens (tertiary/aromatic N) is 1. The maximum atomic E-state index is 2.36. The quantitative estimate of drug-likeness (QED) is 0.175. The minimum atomic E-state index is -0.0615. The first-order valence-electron chi connectivity index (χ1n) is 17.4. The first kappa shape index (κ1) is 29.9. The van der Waals surface area contributed by atoms with Gasteiger partial charge in [0.15, 0.2) is 0 Å². The Bertz CT molecular complexity index is 2490. The standard InChI is InChI=1S/C49H37N/c1-49(2)47-21-9-8-18-45(47)46-20-11-19-44(48(46)49)36-26-30-43(31-27-36)50(41-16-4-3-5-17-41)42-28-24-35(25-29-42)38-14-10-15-39(32-38)40-23-22-34-12-6-7-13-37(34)33-40/h3-33H,1-2H3. The van der Waals surface area contributed by atoms with Gasteiger partial charge in [-0.25, -0.2) is 0 Å². The molecule has 0 aromatic heterocycles. The molecule has 1 aliphatic rings. The zero-order valence-corrected chi connectivity index (χ0v) is 28.3. The summed E-state index contributed by atoms with van der Waals surface area (Å²) in [7, 11) is 0. The molecule has 0 unspecified atom stereocenters. The van der Waals surface area contributed by atoms with E-state index < -0.39 is 0 Å². The van der Waals surface area contributed by atoms with E-state index in [1.54, 1.807) is 0 Å². The van der Waals surface area contributed by atoms with E-state index in [4.69, 9.17) is 0 Å². The minimum Gasteiger partial charge on any atom is -0.311 e. The third-order valence-corrected chi connectivity index (χ3v) is 10.4. The normalized spacial score (nSPS) is 12.8. The number of para-hydroxylation sites is 1. The second kappa shape index (κ2) is 12.1. The summed E-state index contributed by atoms with van der Waals surface area (Å²) in [6.45, 7) is 4.71. The zero-order chi connectivity index (χ0) is 33.7. The summed E-state index contributed by atoms with van der Waals surface area (Å²) >= 11 is 0. The number of benzene rings is 8. The van der Waals surface area contributed by atoms with Crippen LogP contribution in [0.15, 0.2) is 188 Å². The van der Waals surface area contributed by atoms with Crippen LogP contribution in [0.25, 0.3) is 55.3 Å². The van der Waals surface area contributed by atoms with Gasteiger partial charge in [-0.1, -0.05) is 153 Å². The van der Waals surface area contributed by atoms with Crippen molar-refractivity contribution in [2.75, 3.05) is 4.90 Å². The summed E-state index contributed by atoms with van der Waals surface area (Å²) in [6, 6.07) is 68.4. The fourth-order valence-corrected chi connectivity index (χ4v) is 7.95. The molecule has 8 aromatic carbocycles. The monoisotopic (exact) mass is 639 g/mol. The van der Waals surface area contributed by atoms with Gasteiger partial charge < -0.3 is 4.90 Å². The molecule has 50 heavy (non-hydrogen) atoms. The lowest BCUT2D eigenvalue weighted by Crippen LogP contribution is -2.16. The van der Waals surface area contributed by atoms with Crippen molar-refractivity contribution in [1.29, 1.82) is 0 Å². The molecule has 0 N–H and O–H groups in total. The van der Waals surface area contributed by atoms with Gasteiger partial charge in [0, 0.05) is 22.5 Å². The zero-order valence-electron chi connectivity index (χ0n) is 28.3. The van der Waals surface area contributed by atoms with Crippen LogP contribution in [-0.4, -0.2) is 0 Å². The van der Waals surface area contributed by atoms with Gasteiger partial charge in [0.1, 0.15) is 0 Å². The molecular weight excluding hydrogens is 603 g/mol. The van der Waals surface area contributed by atoms with Crippen molar-refractivity contribution in [2.45, 2.75) is 19.3 Å². The van der Waals surface area contributed by atoms with Crippen LogP contribution in [0.5, 0.6) is 0 Å². The molecule has 0 fully saturated rings. The first-order valence-corrected chi connectivity index (χ1v) is 17.4. The summed E-state index contributed by atoms with van der Waals surface area (Å²) in [5, 5.41) is 2.52. The van der Waals surface area contributed by atoms with Gasteiger partial charge >= 0.3 is 0 Å². The Hall–Kier alpha value is -6.18. The van der Waals surface area contributed by atoms with Gasteiger partial charge in [0.05, 0.1) is 0 Å². The molecule has 8 aromatic rings. The lowest BCUT2D eigenvalue weighted by molar-refractivity contribution is 0.662. The number of fused-ring (bicyclic) bond motifs is 4. The summed E-state index contributed by atoms with van der Waals surface area (Å²) in [5.74, 6) is 0. The molecule has 0 aliphatic heterocycles. The lowest BCUT2D eigenvalue weighted by Gasteiger charge is -2.27. The van der Waals surface area contributed by atoms with Gasteiger partial charge in [0.2, 0.25) is 0 Å². The van der Waals surface area contributed by atoms with Crippen LogP contribution in [0.3, 0.4) is 0 Å². The third kappa shape index (κ3) is 5.11. The maximum Gasteiger partial charge on any atom is 0.0462 e. The average Bonchev–Trinajstić information content (AvgIpc) is 3.42. The van der Waals surface area contributed by atoms with Crippen LogP contribution in [0.4, 0.5) is 17.1 Å². The largest absolute Gasteiger partial charge is 0.311 e. The Morgan fingerprint density at radius 3 is 1.62 bits per heavy atom. The summed E-state index contributed by atoms with van der Waals surface area (Å²) in [4.78, 5) is 2.34. The van der Waals surface area contributed by atoms with Crippen molar-refractivity contribution in [1.82, 2.24) is 0 Å². The Balaban J connectivity index is 1.05. The second-order valence-electron chi connectivity index (χ2n) is 13.8. The molecule has 0 atom stereocenters. The molecule has 1 aliphatic carbocycles. The minimum absolute atomic E-state index is 0.0615. The molecule has 1 nitrogen and oxygen atoms in total. The van der Waals surface area contributed by atoms with Crippen molar-refractivity contribution >= 4 is 27.8 Å². The highest BCUT2D eigenvalue weighted by atomic mass is 15.1. The van der Waals surface area contributed by atoms with Gasteiger partial charge in [-0.15, -0.1) is 0 Å². The molecule has 238 valence electrons. The summed E-state index contributed by atoms with van der Waals surface area (Å²) in [5.41, 5.74) is 16.2. The van der Waals surface area contributed by atoms with Crippen LogP contribution in [-0.2, 0) is 5.41 Å². The second-order valence-corrected chi connectivity index (χ2v) is 13.8. The number of rotatable bonds is 6. The highest BCUT2D eigenvalue weighted by Crippen LogP contribution is 2.52. The lowest BCUT2D eigenvalue weighted by atomic mass is 9.79.